The van der Waals surface area contributed by atoms with Gasteiger partial charge >= 0.3 is 0 Å². The van der Waals surface area contributed by atoms with E-state index in [1.807, 2.05) is 13.0 Å². The molecule has 0 radical (unpaired) electrons. The largest absolute Gasteiger partial charge is 0.508 e. The van der Waals surface area contributed by atoms with Crippen molar-refractivity contribution in [2.24, 2.45) is 0 Å². The molecule has 18 heavy (non-hydrogen) atoms. The Balaban J connectivity index is 2.02. The normalized spacial score (nSPS) is 12.6. The van der Waals surface area contributed by atoms with Crippen molar-refractivity contribution in [2.75, 3.05) is 7.11 Å². The first-order valence-electron chi connectivity index (χ1n) is 5.79. The smallest absolute Gasteiger partial charge is 0.231 e. The van der Waals surface area contributed by atoms with Gasteiger partial charge < -0.3 is 14.4 Å². The molecule has 0 aliphatic carbocycles. The number of benzene rings is 1. The number of phenols is 1. The standard InChI is InChI=1S/C13H16N2O3/c1-9(17-2)6-12-14-13(18-15-12)8-10-4-3-5-11(16)7-10/h3-5,7,9,16H,6,8H2,1-2H3. The van der Waals surface area contributed by atoms with Crippen molar-refractivity contribution in [1.82, 2.24) is 10.1 Å². The molecule has 0 aliphatic rings. The second kappa shape index (κ2) is 5.64. The van der Waals surface area contributed by atoms with E-state index < -0.39 is 0 Å². The molecule has 5 nitrogen and oxygen atoms in total. The molecule has 0 amide bonds. The molecule has 1 atom stereocenters. The second-order valence-corrected chi connectivity index (χ2v) is 4.20. The Morgan fingerprint density at radius 2 is 2.28 bits per heavy atom. The SMILES string of the molecule is COC(C)Cc1noc(Cc2cccc(O)c2)n1. The summed E-state index contributed by atoms with van der Waals surface area (Å²) >= 11 is 0. The van der Waals surface area contributed by atoms with Gasteiger partial charge in [0.15, 0.2) is 5.82 Å². The summed E-state index contributed by atoms with van der Waals surface area (Å²) in [7, 11) is 1.65. The van der Waals surface area contributed by atoms with Crippen LogP contribution in [0.15, 0.2) is 28.8 Å². The third-order valence-corrected chi connectivity index (χ3v) is 2.65. The molecule has 0 saturated heterocycles. The summed E-state index contributed by atoms with van der Waals surface area (Å²) in [6, 6.07) is 7.00. The molecule has 2 rings (SSSR count). The summed E-state index contributed by atoms with van der Waals surface area (Å²) < 4.78 is 10.3. The van der Waals surface area contributed by atoms with Gasteiger partial charge in [0, 0.05) is 13.5 Å². The third kappa shape index (κ3) is 3.30. The molecule has 0 saturated carbocycles. The van der Waals surface area contributed by atoms with Crippen LogP contribution >= 0.6 is 0 Å². The van der Waals surface area contributed by atoms with Gasteiger partial charge in [-0.1, -0.05) is 17.3 Å². The maximum Gasteiger partial charge on any atom is 0.231 e. The Kier molecular flexibility index (Phi) is 3.94. The summed E-state index contributed by atoms with van der Waals surface area (Å²) in [4.78, 5) is 4.28. The predicted octanol–water partition coefficient (Wildman–Crippen LogP) is 1.94. The number of hydrogen-bond acceptors (Lipinski definition) is 5. The Morgan fingerprint density at radius 1 is 1.44 bits per heavy atom. The molecule has 96 valence electrons. The molecule has 2 aromatic rings. The van der Waals surface area contributed by atoms with Crippen LogP contribution in [-0.4, -0.2) is 28.5 Å². The minimum absolute atomic E-state index is 0.0659. The molecular formula is C13H16N2O3. The molecule has 0 fully saturated rings. The predicted molar refractivity (Wildman–Crippen MR) is 65.4 cm³/mol. The van der Waals surface area contributed by atoms with Crippen LogP contribution in [0.25, 0.3) is 0 Å². The summed E-state index contributed by atoms with van der Waals surface area (Å²) in [5.41, 5.74) is 0.935. The fourth-order valence-electron chi connectivity index (χ4n) is 1.63. The monoisotopic (exact) mass is 248 g/mol. The summed E-state index contributed by atoms with van der Waals surface area (Å²) in [6.07, 6.45) is 1.21. The number of ether oxygens (including phenoxy) is 1. The Hall–Kier alpha value is -1.88. The molecule has 1 aromatic carbocycles. The van der Waals surface area contributed by atoms with E-state index in [1.54, 1.807) is 25.3 Å². The summed E-state index contributed by atoms with van der Waals surface area (Å²) in [6.45, 7) is 1.95. The number of aromatic hydroxyl groups is 1. The molecule has 1 aromatic heterocycles. The first kappa shape index (κ1) is 12.6. The second-order valence-electron chi connectivity index (χ2n) is 4.20. The van der Waals surface area contributed by atoms with Crippen LogP contribution in [-0.2, 0) is 17.6 Å². The molecule has 0 aliphatic heterocycles. The molecule has 1 N–H and O–H groups in total. The van der Waals surface area contributed by atoms with E-state index >= 15 is 0 Å². The van der Waals surface area contributed by atoms with Gasteiger partial charge in [-0.15, -0.1) is 0 Å². The quantitative estimate of drug-likeness (QED) is 0.875. The fraction of sp³-hybridized carbons (Fsp3) is 0.385. The maximum absolute atomic E-state index is 9.36. The van der Waals surface area contributed by atoms with Gasteiger partial charge in [0.05, 0.1) is 12.5 Å². The highest BCUT2D eigenvalue weighted by Gasteiger charge is 2.10. The zero-order valence-electron chi connectivity index (χ0n) is 10.5. The minimum Gasteiger partial charge on any atom is -0.508 e. The lowest BCUT2D eigenvalue weighted by Crippen LogP contribution is -2.09. The lowest BCUT2D eigenvalue weighted by atomic mass is 10.1. The summed E-state index contributed by atoms with van der Waals surface area (Å²) in [5.74, 6) is 1.42. The van der Waals surface area contributed by atoms with E-state index in [9.17, 15) is 5.11 Å². The first-order valence-corrected chi connectivity index (χ1v) is 5.79. The molecule has 0 bridgehead atoms. The average molecular weight is 248 g/mol. The van der Waals surface area contributed by atoms with E-state index in [4.69, 9.17) is 9.26 Å². The Labute approximate surface area is 105 Å². The van der Waals surface area contributed by atoms with Crippen molar-refractivity contribution in [1.29, 1.82) is 0 Å². The highest BCUT2D eigenvalue weighted by atomic mass is 16.5. The van der Waals surface area contributed by atoms with Crippen molar-refractivity contribution in [3.05, 3.63) is 41.5 Å². The van der Waals surface area contributed by atoms with E-state index in [1.165, 1.54) is 0 Å². The van der Waals surface area contributed by atoms with Crippen LogP contribution in [0.1, 0.15) is 24.2 Å². The van der Waals surface area contributed by atoms with Crippen LogP contribution in [0.5, 0.6) is 5.75 Å². The molecular weight excluding hydrogens is 232 g/mol. The molecule has 1 unspecified atom stereocenters. The number of nitrogens with zero attached hydrogens (tertiary/aromatic N) is 2. The minimum atomic E-state index is 0.0659. The lowest BCUT2D eigenvalue weighted by molar-refractivity contribution is 0.116. The van der Waals surface area contributed by atoms with Crippen molar-refractivity contribution < 1.29 is 14.4 Å². The molecule has 1 heterocycles. The summed E-state index contributed by atoms with van der Waals surface area (Å²) in [5, 5.41) is 13.3. The number of aromatic nitrogens is 2. The van der Waals surface area contributed by atoms with Crippen molar-refractivity contribution in [2.45, 2.75) is 25.9 Å². The zero-order chi connectivity index (χ0) is 13.0. The van der Waals surface area contributed by atoms with Crippen LogP contribution in [0.4, 0.5) is 0 Å². The van der Waals surface area contributed by atoms with Gasteiger partial charge in [0.25, 0.3) is 0 Å². The topological polar surface area (TPSA) is 68.4 Å². The third-order valence-electron chi connectivity index (χ3n) is 2.65. The first-order chi connectivity index (χ1) is 8.67. The number of phenolic OH excluding ortho intramolecular Hbond substituents is 1. The Morgan fingerprint density at radius 3 is 3.00 bits per heavy atom. The van der Waals surface area contributed by atoms with Crippen LogP contribution in [0.3, 0.4) is 0 Å². The zero-order valence-corrected chi connectivity index (χ0v) is 10.5. The van der Waals surface area contributed by atoms with Crippen LogP contribution in [0.2, 0.25) is 0 Å². The van der Waals surface area contributed by atoms with Crippen molar-refractivity contribution >= 4 is 0 Å². The number of hydrogen-bond donors (Lipinski definition) is 1. The molecule has 0 spiro atoms. The Bertz CT molecular complexity index is 510. The van der Waals surface area contributed by atoms with Crippen molar-refractivity contribution in [3.63, 3.8) is 0 Å². The van der Waals surface area contributed by atoms with E-state index in [0.29, 0.717) is 24.6 Å². The number of methoxy groups -OCH3 is 1. The average Bonchev–Trinajstić information content (AvgIpc) is 2.76. The van der Waals surface area contributed by atoms with Crippen LogP contribution in [0, 0.1) is 0 Å². The van der Waals surface area contributed by atoms with Gasteiger partial charge in [0.2, 0.25) is 5.89 Å². The van der Waals surface area contributed by atoms with Gasteiger partial charge in [-0.3, -0.25) is 0 Å². The van der Waals surface area contributed by atoms with Crippen LogP contribution < -0.4 is 0 Å². The van der Waals surface area contributed by atoms with Gasteiger partial charge in [-0.25, -0.2) is 0 Å². The highest BCUT2D eigenvalue weighted by Crippen LogP contribution is 2.14. The van der Waals surface area contributed by atoms with E-state index in [2.05, 4.69) is 10.1 Å². The highest BCUT2D eigenvalue weighted by molar-refractivity contribution is 5.28. The number of rotatable bonds is 5. The molecule has 5 heteroatoms. The van der Waals surface area contributed by atoms with E-state index in [0.717, 1.165) is 5.56 Å². The van der Waals surface area contributed by atoms with Gasteiger partial charge in [0.1, 0.15) is 5.75 Å². The maximum atomic E-state index is 9.36. The van der Waals surface area contributed by atoms with E-state index in [-0.39, 0.29) is 11.9 Å². The fourth-order valence-corrected chi connectivity index (χ4v) is 1.63. The lowest BCUT2D eigenvalue weighted by Gasteiger charge is -2.03. The van der Waals surface area contributed by atoms with Gasteiger partial charge in [-0.05, 0) is 24.6 Å². The van der Waals surface area contributed by atoms with Gasteiger partial charge in [-0.2, -0.15) is 4.98 Å². The van der Waals surface area contributed by atoms with Crippen molar-refractivity contribution in [3.8, 4) is 5.75 Å².